The number of furan rings is 1. The van der Waals surface area contributed by atoms with Crippen LogP contribution in [-0.2, 0) is 12.8 Å². The summed E-state index contributed by atoms with van der Waals surface area (Å²) >= 11 is 0. The highest BCUT2D eigenvalue weighted by Gasteiger charge is 2.32. The van der Waals surface area contributed by atoms with Crippen molar-refractivity contribution in [3.05, 3.63) is 107 Å². The first-order valence-electron chi connectivity index (χ1n) is 10.7. The van der Waals surface area contributed by atoms with Crippen LogP contribution >= 0.6 is 0 Å². The summed E-state index contributed by atoms with van der Waals surface area (Å²) in [7, 11) is 0. The molecule has 1 amide bonds. The van der Waals surface area contributed by atoms with E-state index in [0.717, 1.165) is 29.4 Å². The quantitative estimate of drug-likeness (QED) is 0.258. The third-order valence-electron chi connectivity index (χ3n) is 5.27. The van der Waals surface area contributed by atoms with E-state index in [-0.39, 0.29) is 17.9 Å². The van der Waals surface area contributed by atoms with Crippen molar-refractivity contribution in [3.8, 4) is 11.4 Å². The maximum absolute atomic E-state index is 13.0. The van der Waals surface area contributed by atoms with Crippen LogP contribution in [0, 0.1) is 13.8 Å². The second kappa shape index (κ2) is 9.92. The van der Waals surface area contributed by atoms with E-state index in [1.54, 1.807) is 6.07 Å². The fraction of sp³-hybridized carbons (Fsp3) is 0.154. The maximum Gasteiger partial charge on any atom is 0.417 e. The Morgan fingerprint density at radius 1 is 1.00 bits per heavy atom. The Kier molecular flexibility index (Phi) is 6.77. The molecule has 6 nitrogen and oxygen atoms in total. The molecule has 180 valence electrons. The zero-order valence-corrected chi connectivity index (χ0v) is 19.0. The van der Waals surface area contributed by atoms with Crippen LogP contribution in [-0.4, -0.2) is 16.7 Å². The minimum Gasteiger partial charge on any atom is -0.486 e. The number of aryl methyl sites for hydroxylation is 2. The van der Waals surface area contributed by atoms with Crippen molar-refractivity contribution in [2.45, 2.75) is 26.6 Å². The Bertz CT molecular complexity index is 1330. The van der Waals surface area contributed by atoms with Crippen molar-refractivity contribution in [1.82, 2.24) is 9.99 Å². The molecule has 9 heteroatoms. The highest BCUT2D eigenvalue weighted by atomic mass is 19.4. The summed E-state index contributed by atoms with van der Waals surface area (Å²) in [6, 6.07) is 19.6. The van der Waals surface area contributed by atoms with Crippen LogP contribution in [0.25, 0.3) is 5.69 Å². The van der Waals surface area contributed by atoms with Gasteiger partial charge in [0.25, 0.3) is 0 Å². The minimum atomic E-state index is -4.52. The first-order chi connectivity index (χ1) is 16.7. The molecule has 2 heterocycles. The Labute approximate surface area is 199 Å². The first kappa shape index (κ1) is 23.9. The van der Waals surface area contributed by atoms with Gasteiger partial charge < -0.3 is 13.7 Å². The molecule has 2 aromatic heterocycles. The van der Waals surface area contributed by atoms with Crippen molar-refractivity contribution in [3.63, 3.8) is 0 Å². The molecule has 0 aliphatic carbocycles. The Hall–Kier alpha value is -4.27. The van der Waals surface area contributed by atoms with E-state index in [1.165, 1.54) is 24.3 Å². The summed E-state index contributed by atoms with van der Waals surface area (Å²) in [6.07, 6.45) is -3.59. The van der Waals surface area contributed by atoms with E-state index in [9.17, 15) is 18.0 Å². The van der Waals surface area contributed by atoms with E-state index in [4.69, 9.17) is 9.15 Å². The van der Waals surface area contributed by atoms with Crippen molar-refractivity contribution in [2.24, 2.45) is 5.10 Å². The van der Waals surface area contributed by atoms with Crippen molar-refractivity contribution >= 4 is 12.1 Å². The summed E-state index contributed by atoms with van der Waals surface area (Å²) in [4.78, 5) is 12.2. The van der Waals surface area contributed by atoms with Gasteiger partial charge in [0.1, 0.15) is 18.1 Å². The molecule has 0 aliphatic rings. The van der Waals surface area contributed by atoms with Crippen LogP contribution in [0.3, 0.4) is 0 Å². The lowest BCUT2D eigenvalue weighted by molar-refractivity contribution is -0.137. The SMILES string of the molecule is Cc1ccc(C)n1-c1ccc(OCc2ccc(C(=O)N/N=C/c3ccccc3C(F)(F)F)o2)cc1. The number of nitrogens with zero attached hydrogens (tertiary/aromatic N) is 2. The smallest absolute Gasteiger partial charge is 0.417 e. The number of hydrazone groups is 1. The highest BCUT2D eigenvalue weighted by molar-refractivity contribution is 5.92. The molecule has 0 aliphatic heterocycles. The largest absolute Gasteiger partial charge is 0.486 e. The van der Waals surface area contributed by atoms with E-state index in [0.29, 0.717) is 11.5 Å². The fourth-order valence-electron chi connectivity index (χ4n) is 3.58. The molecule has 0 atom stereocenters. The molecule has 0 spiro atoms. The lowest BCUT2D eigenvalue weighted by Crippen LogP contribution is -2.17. The number of carbonyl (C=O) groups excluding carboxylic acids is 1. The number of rotatable bonds is 7. The number of carbonyl (C=O) groups is 1. The van der Waals surface area contributed by atoms with Crippen LogP contribution in [0.4, 0.5) is 13.2 Å². The Balaban J connectivity index is 1.33. The maximum atomic E-state index is 13.0. The van der Waals surface area contributed by atoms with Crippen LogP contribution < -0.4 is 10.2 Å². The minimum absolute atomic E-state index is 0.0428. The number of ether oxygens (including phenoxy) is 1. The number of hydrogen-bond acceptors (Lipinski definition) is 4. The molecular weight excluding hydrogens is 459 g/mol. The second-order valence-electron chi connectivity index (χ2n) is 7.78. The van der Waals surface area contributed by atoms with Gasteiger partial charge >= 0.3 is 12.1 Å². The lowest BCUT2D eigenvalue weighted by atomic mass is 10.1. The monoisotopic (exact) mass is 481 g/mol. The normalized spacial score (nSPS) is 11.7. The molecule has 0 fully saturated rings. The number of benzene rings is 2. The van der Waals surface area contributed by atoms with E-state index < -0.39 is 17.6 Å². The van der Waals surface area contributed by atoms with Gasteiger partial charge in [0.05, 0.1) is 11.8 Å². The predicted octanol–water partition coefficient (Wildman–Crippen LogP) is 6.05. The summed E-state index contributed by atoms with van der Waals surface area (Å²) in [5.74, 6) is 0.298. The van der Waals surface area contributed by atoms with Gasteiger partial charge in [-0.05, 0) is 68.4 Å². The molecule has 4 rings (SSSR count). The molecule has 0 saturated carbocycles. The number of aromatic nitrogens is 1. The highest BCUT2D eigenvalue weighted by Crippen LogP contribution is 2.31. The van der Waals surface area contributed by atoms with Gasteiger partial charge in [0.15, 0.2) is 5.76 Å². The van der Waals surface area contributed by atoms with E-state index >= 15 is 0 Å². The molecule has 35 heavy (non-hydrogen) atoms. The molecule has 0 radical (unpaired) electrons. The summed E-state index contributed by atoms with van der Waals surface area (Å²) < 4.78 is 52.4. The Morgan fingerprint density at radius 3 is 2.37 bits per heavy atom. The van der Waals surface area contributed by atoms with E-state index in [1.807, 2.05) is 38.1 Å². The molecule has 1 N–H and O–H groups in total. The standard InChI is InChI=1S/C26H22F3N3O3/c1-17-7-8-18(2)32(17)20-9-11-21(12-10-20)34-16-22-13-14-24(35-22)25(33)31-30-15-19-5-3-4-6-23(19)26(27,28)29/h3-15H,16H2,1-2H3,(H,31,33)/b30-15+. The third kappa shape index (κ3) is 5.63. The molecule has 4 aromatic rings. The third-order valence-corrected chi connectivity index (χ3v) is 5.27. The number of alkyl halides is 3. The number of hydrogen-bond donors (Lipinski definition) is 1. The van der Waals surface area contributed by atoms with Gasteiger partial charge in [-0.3, -0.25) is 4.79 Å². The van der Waals surface area contributed by atoms with Gasteiger partial charge in [0, 0.05) is 22.6 Å². The van der Waals surface area contributed by atoms with Gasteiger partial charge in [0.2, 0.25) is 0 Å². The molecule has 0 saturated heterocycles. The van der Waals surface area contributed by atoms with Gasteiger partial charge in [-0.2, -0.15) is 18.3 Å². The van der Waals surface area contributed by atoms with Crippen LogP contribution in [0.5, 0.6) is 5.75 Å². The topological polar surface area (TPSA) is 68.8 Å². The van der Waals surface area contributed by atoms with Crippen LogP contribution in [0.2, 0.25) is 0 Å². The summed E-state index contributed by atoms with van der Waals surface area (Å²) in [6.45, 7) is 4.17. The molecular formula is C26H22F3N3O3. The van der Waals surface area contributed by atoms with Gasteiger partial charge in [-0.15, -0.1) is 0 Å². The van der Waals surface area contributed by atoms with Gasteiger partial charge in [-0.1, -0.05) is 18.2 Å². The predicted molar refractivity (Wildman–Crippen MR) is 125 cm³/mol. The summed E-state index contributed by atoms with van der Waals surface area (Å²) in [5.41, 5.74) is 4.44. The number of nitrogens with one attached hydrogen (secondary N) is 1. The van der Waals surface area contributed by atoms with Crippen LogP contribution in [0.15, 0.2) is 82.3 Å². The molecule has 2 aromatic carbocycles. The fourth-order valence-corrected chi connectivity index (χ4v) is 3.58. The number of amides is 1. The zero-order chi connectivity index (χ0) is 25.0. The average Bonchev–Trinajstić information content (AvgIpc) is 3.44. The van der Waals surface area contributed by atoms with Crippen molar-refractivity contribution < 1.29 is 27.1 Å². The van der Waals surface area contributed by atoms with Gasteiger partial charge in [-0.25, -0.2) is 5.43 Å². The van der Waals surface area contributed by atoms with Crippen LogP contribution in [0.1, 0.15) is 38.8 Å². The molecule has 0 bridgehead atoms. The van der Waals surface area contributed by atoms with Crippen molar-refractivity contribution in [2.75, 3.05) is 0 Å². The number of halogens is 3. The first-order valence-corrected chi connectivity index (χ1v) is 10.7. The second-order valence-corrected chi connectivity index (χ2v) is 7.78. The van der Waals surface area contributed by atoms with Crippen molar-refractivity contribution in [1.29, 1.82) is 0 Å². The molecule has 0 unspecified atom stereocenters. The zero-order valence-electron chi connectivity index (χ0n) is 19.0. The summed E-state index contributed by atoms with van der Waals surface area (Å²) in [5, 5.41) is 3.62. The van der Waals surface area contributed by atoms with E-state index in [2.05, 4.69) is 27.2 Å². The average molecular weight is 481 g/mol. The Morgan fingerprint density at radius 2 is 1.69 bits per heavy atom. The lowest BCUT2D eigenvalue weighted by Gasteiger charge is -2.10.